The predicted molar refractivity (Wildman–Crippen MR) is 94.5 cm³/mol. The normalized spacial score (nSPS) is 11.2. The minimum atomic E-state index is -0.920. The number of rotatable bonds is 8. The number of hydrogen-bond donors (Lipinski definition) is 2. The Morgan fingerprint density at radius 1 is 1.20 bits per heavy atom. The molecule has 2 aromatic rings. The largest absolute Gasteiger partial charge is 0.493 e. The molecule has 0 aromatic heterocycles. The van der Waals surface area contributed by atoms with Gasteiger partial charge in [0, 0.05) is 5.56 Å². The first-order valence-electron chi connectivity index (χ1n) is 7.63. The summed E-state index contributed by atoms with van der Waals surface area (Å²) < 4.78 is 10.7. The van der Waals surface area contributed by atoms with Gasteiger partial charge in [0.15, 0.2) is 11.5 Å². The molecule has 0 saturated heterocycles. The summed E-state index contributed by atoms with van der Waals surface area (Å²) in [6.45, 7) is 3.90. The first kappa shape index (κ1) is 18.1. The highest BCUT2D eigenvalue weighted by molar-refractivity contribution is 5.98. The molecule has 1 atom stereocenters. The first-order valence-corrected chi connectivity index (χ1v) is 7.63. The maximum Gasteiger partial charge on any atom is 0.252 e. The summed E-state index contributed by atoms with van der Waals surface area (Å²) in [7, 11) is 1.48. The van der Waals surface area contributed by atoms with E-state index in [1.165, 1.54) is 13.2 Å². The zero-order chi connectivity index (χ0) is 18.2. The quantitative estimate of drug-likeness (QED) is 0.721. The Labute approximate surface area is 146 Å². The van der Waals surface area contributed by atoms with Gasteiger partial charge in [-0.25, -0.2) is 0 Å². The molecule has 0 aliphatic rings. The molecule has 0 aliphatic carbocycles. The van der Waals surface area contributed by atoms with Crippen LogP contribution in [0, 0.1) is 0 Å². The molecule has 6 heteroatoms. The van der Waals surface area contributed by atoms with E-state index in [1.807, 2.05) is 6.07 Å². The lowest BCUT2D eigenvalue weighted by molar-refractivity contribution is -0.120. The number of nitrogens with one attached hydrogen (secondary N) is 1. The lowest BCUT2D eigenvalue weighted by atomic mass is 10.1. The summed E-state index contributed by atoms with van der Waals surface area (Å²) in [5.41, 5.74) is 6.36. The molecule has 0 unspecified atom stereocenters. The van der Waals surface area contributed by atoms with Crippen LogP contribution in [0.3, 0.4) is 0 Å². The second-order valence-corrected chi connectivity index (χ2v) is 5.18. The molecular formula is C19H20N2O4. The van der Waals surface area contributed by atoms with Crippen LogP contribution in [-0.2, 0) is 4.79 Å². The summed E-state index contributed by atoms with van der Waals surface area (Å²) in [5, 5.41) is 2.64. The Hall–Kier alpha value is -3.28. The van der Waals surface area contributed by atoms with Gasteiger partial charge < -0.3 is 20.5 Å². The van der Waals surface area contributed by atoms with E-state index in [1.54, 1.807) is 42.5 Å². The van der Waals surface area contributed by atoms with Crippen LogP contribution >= 0.6 is 0 Å². The van der Waals surface area contributed by atoms with Crippen molar-refractivity contribution in [3.8, 4) is 11.5 Å². The molecule has 3 N–H and O–H groups in total. The standard InChI is InChI=1S/C19H20N2O4/c1-3-11-25-15-10-9-14(12-16(15)24-2)19(23)21-17(18(20)22)13-7-5-4-6-8-13/h3-10,12,17H,1,11H2,2H3,(H2,20,22)(H,21,23)/t17-/m1/s1. The lowest BCUT2D eigenvalue weighted by Gasteiger charge is -2.16. The van der Waals surface area contributed by atoms with E-state index < -0.39 is 17.9 Å². The molecule has 0 fully saturated rings. The zero-order valence-electron chi connectivity index (χ0n) is 13.9. The first-order chi connectivity index (χ1) is 12.1. The van der Waals surface area contributed by atoms with Crippen molar-refractivity contribution >= 4 is 11.8 Å². The average Bonchev–Trinajstić information content (AvgIpc) is 2.64. The molecule has 2 rings (SSSR count). The smallest absolute Gasteiger partial charge is 0.252 e. The van der Waals surface area contributed by atoms with Crippen molar-refractivity contribution in [2.45, 2.75) is 6.04 Å². The van der Waals surface area contributed by atoms with E-state index in [-0.39, 0.29) is 0 Å². The molecule has 2 amide bonds. The molecule has 25 heavy (non-hydrogen) atoms. The van der Waals surface area contributed by atoms with Crippen molar-refractivity contribution in [2.75, 3.05) is 13.7 Å². The maximum absolute atomic E-state index is 12.5. The molecule has 130 valence electrons. The van der Waals surface area contributed by atoms with Crippen molar-refractivity contribution in [3.05, 3.63) is 72.3 Å². The molecule has 0 heterocycles. The van der Waals surface area contributed by atoms with E-state index in [0.717, 1.165) is 0 Å². The second-order valence-electron chi connectivity index (χ2n) is 5.18. The van der Waals surface area contributed by atoms with Gasteiger partial charge in [-0.05, 0) is 23.8 Å². The summed E-state index contributed by atoms with van der Waals surface area (Å²) in [4.78, 5) is 24.2. The van der Waals surface area contributed by atoms with Crippen LogP contribution in [0.15, 0.2) is 61.2 Å². The van der Waals surface area contributed by atoms with Crippen LogP contribution in [0.1, 0.15) is 22.0 Å². The maximum atomic E-state index is 12.5. The van der Waals surface area contributed by atoms with Crippen LogP contribution in [0.25, 0.3) is 0 Å². The lowest BCUT2D eigenvalue weighted by Crippen LogP contribution is -2.37. The highest BCUT2D eigenvalue weighted by Crippen LogP contribution is 2.28. The van der Waals surface area contributed by atoms with Crippen molar-refractivity contribution < 1.29 is 19.1 Å². The van der Waals surface area contributed by atoms with Crippen LogP contribution in [0.2, 0.25) is 0 Å². The Morgan fingerprint density at radius 3 is 2.52 bits per heavy atom. The van der Waals surface area contributed by atoms with Crippen molar-refractivity contribution in [1.29, 1.82) is 0 Å². The fourth-order valence-electron chi connectivity index (χ4n) is 2.26. The van der Waals surface area contributed by atoms with Gasteiger partial charge in [0.05, 0.1) is 7.11 Å². The zero-order valence-corrected chi connectivity index (χ0v) is 13.9. The number of carbonyl (C=O) groups excluding carboxylic acids is 2. The highest BCUT2D eigenvalue weighted by Gasteiger charge is 2.21. The predicted octanol–water partition coefficient (Wildman–Crippen LogP) is 2.22. The number of methoxy groups -OCH3 is 1. The van der Waals surface area contributed by atoms with Gasteiger partial charge in [0.25, 0.3) is 5.91 Å². The number of nitrogens with two attached hydrogens (primary N) is 1. The Kier molecular flexibility index (Phi) is 6.17. The molecule has 0 saturated carbocycles. The van der Waals surface area contributed by atoms with Crippen LogP contribution < -0.4 is 20.5 Å². The molecule has 0 bridgehead atoms. The highest BCUT2D eigenvalue weighted by atomic mass is 16.5. The van der Waals surface area contributed by atoms with Crippen molar-refractivity contribution in [1.82, 2.24) is 5.32 Å². The summed E-state index contributed by atoms with van der Waals surface area (Å²) in [5.74, 6) is -0.183. The molecule has 0 aliphatic heterocycles. The molecule has 0 radical (unpaired) electrons. The van der Waals surface area contributed by atoms with Gasteiger partial charge in [-0.3, -0.25) is 9.59 Å². The van der Waals surface area contributed by atoms with E-state index >= 15 is 0 Å². The minimum Gasteiger partial charge on any atom is -0.493 e. The Balaban J connectivity index is 2.21. The van der Waals surface area contributed by atoms with Gasteiger partial charge >= 0.3 is 0 Å². The Bertz CT molecular complexity index is 759. The molecule has 6 nitrogen and oxygen atoms in total. The number of carbonyl (C=O) groups is 2. The van der Waals surface area contributed by atoms with Crippen molar-refractivity contribution in [2.24, 2.45) is 5.73 Å². The third-order valence-corrected chi connectivity index (χ3v) is 3.48. The number of ether oxygens (including phenoxy) is 2. The van der Waals surface area contributed by atoms with E-state index in [2.05, 4.69) is 11.9 Å². The summed E-state index contributed by atoms with van der Waals surface area (Å²) >= 11 is 0. The van der Waals surface area contributed by atoms with Crippen LogP contribution in [-0.4, -0.2) is 25.5 Å². The monoisotopic (exact) mass is 340 g/mol. The SMILES string of the molecule is C=CCOc1ccc(C(=O)N[C@@H](C(N)=O)c2ccccc2)cc1OC. The van der Waals surface area contributed by atoms with E-state index in [9.17, 15) is 9.59 Å². The van der Waals surface area contributed by atoms with Gasteiger partial charge in [-0.1, -0.05) is 43.0 Å². The summed E-state index contributed by atoms with van der Waals surface area (Å²) in [6.07, 6.45) is 1.61. The van der Waals surface area contributed by atoms with Crippen LogP contribution in [0.5, 0.6) is 11.5 Å². The van der Waals surface area contributed by atoms with Gasteiger partial charge in [-0.2, -0.15) is 0 Å². The number of primary amides is 1. The van der Waals surface area contributed by atoms with Gasteiger partial charge in [-0.15, -0.1) is 0 Å². The summed E-state index contributed by atoms with van der Waals surface area (Å²) in [6, 6.07) is 12.6. The number of hydrogen-bond acceptors (Lipinski definition) is 4. The third-order valence-electron chi connectivity index (χ3n) is 3.48. The van der Waals surface area contributed by atoms with Crippen LogP contribution in [0.4, 0.5) is 0 Å². The number of benzene rings is 2. The third kappa shape index (κ3) is 4.60. The van der Waals surface area contributed by atoms with Gasteiger partial charge in [0.2, 0.25) is 5.91 Å². The second kappa shape index (κ2) is 8.54. The van der Waals surface area contributed by atoms with Crippen molar-refractivity contribution in [3.63, 3.8) is 0 Å². The molecule has 2 aromatic carbocycles. The van der Waals surface area contributed by atoms with E-state index in [4.69, 9.17) is 15.2 Å². The number of amides is 2. The average molecular weight is 340 g/mol. The van der Waals surface area contributed by atoms with E-state index in [0.29, 0.717) is 29.2 Å². The molecular weight excluding hydrogens is 320 g/mol. The fraction of sp³-hybridized carbons (Fsp3) is 0.158. The fourth-order valence-corrected chi connectivity index (χ4v) is 2.26. The Morgan fingerprint density at radius 2 is 1.92 bits per heavy atom. The topological polar surface area (TPSA) is 90.6 Å². The molecule has 0 spiro atoms. The van der Waals surface area contributed by atoms with Gasteiger partial charge in [0.1, 0.15) is 12.6 Å². The minimum absolute atomic E-state index is 0.319.